The first kappa shape index (κ1) is 26.0. The van der Waals surface area contributed by atoms with Crippen LogP contribution in [0.1, 0.15) is 53.9 Å². The van der Waals surface area contributed by atoms with Crippen LogP contribution in [0, 0.1) is 28.8 Å². The van der Waals surface area contributed by atoms with Gasteiger partial charge in [-0.25, -0.2) is 13.2 Å². The van der Waals surface area contributed by atoms with E-state index in [2.05, 4.69) is 5.16 Å². The summed E-state index contributed by atoms with van der Waals surface area (Å²) in [4.78, 5) is 20.1. The van der Waals surface area contributed by atoms with Crippen molar-refractivity contribution in [2.75, 3.05) is 13.1 Å². The second-order valence-electron chi connectivity index (χ2n) is 8.93. The minimum absolute atomic E-state index is 0.0181. The van der Waals surface area contributed by atoms with Crippen molar-refractivity contribution in [3.63, 3.8) is 0 Å². The molecule has 1 aliphatic heterocycles. The standard InChI is InChI=1S/C29H26F3N3O2/c30-24-6-2-21(3-7-24)27(22-4-8-25(31)9-5-22)10-12-29(36)35-15-13-26(14-16-35)34-37-19-20-1-11-28(32)23(17-20)18-33/h1-9,11,17,27H,10,12-16,19H2. The van der Waals surface area contributed by atoms with Gasteiger partial charge in [-0.3, -0.25) is 4.79 Å². The number of hydrogen-bond acceptors (Lipinski definition) is 4. The molecule has 3 aromatic rings. The third kappa shape index (κ3) is 6.98. The van der Waals surface area contributed by atoms with Crippen molar-refractivity contribution >= 4 is 11.6 Å². The number of piperidine rings is 1. The monoisotopic (exact) mass is 505 g/mol. The zero-order valence-electron chi connectivity index (χ0n) is 20.2. The number of benzene rings is 3. The van der Waals surface area contributed by atoms with Crippen LogP contribution in [-0.4, -0.2) is 29.6 Å². The van der Waals surface area contributed by atoms with Crippen molar-refractivity contribution in [2.45, 2.75) is 38.2 Å². The summed E-state index contributed by atoms with van der Waals surface area (Å²) >= 11 is 0. The smallest absolute Gasteiger partial charge is 0.222 e. The molecule has 0 atom stereocenters. The molecule has 190 valence electrons. The van der Waals surface area contributed by atoms with Crippen molar-refractivity contribution in [1.82, 2.24) is 4.90 Å². The van der Waals surface area contributed by atoms with Crippen LogP contribution in [0.15, 0.2) is 71.9 Å². The van der Waals surface area contributed by atoms with Crippen molar-refractivity contribution < 1.29 is 22.8 Å². The SMILES string of the molecule is N#Cc1cc(CON=C2CCN(C(=O)CCC(c3ccc(F)cc3)c3ccc(F)cc3)CC2)ccc1F. The van der Waals surface area contributed by atoms with Gasteiger partial charge in [0.05, 0.1) is 11.3 Å². The fraction of sp³-hybridized carbons (Fsp3) is 0.276. The summed E-state index contributed by atoms with van der Waals surface area (Å²) in [5.74, 6) is -1.39. The normalized spacial score (nSPS) is 13.4. The number of halogens is 3. The first-order valence-electron chi connectivity index (χ1n) is 12.1. The van der Waals surface area contributed by atoms with Gasteiger partial charge in [-0.15, -0.1) is 0 Å². The lowest BCUT2D eigenvalue weighted by molar-refractivity contribution is -0.131. The molecule has 0 aliphatic carbocycles. The summed E-state index contributed by atoms with van der Waals surface area (Å²) in [7, 11) is 0. The fourth-order valence-corrected chi connectivity index (χ4v) is 4.39. The number of carbonyl (C=O) groups excluding carboxylic acids is 1. The molecule has 1 aliphatic rings. The summed E-state index contributed by atoms with van der Waals surface area (Å²) in [5.41, 5.74) is 3.18. The van der Waals surface area contributed by atoms with Crippen molar-refractivity contribution in [3.8, 4) is 6.07 Å². The highest BCUT2D eigenvalue weighted by Crippen LogP contribution is 2.30. The Labute approximate surface area is 213 Å². The molecule has 1 fully saturated rings. The molecule has 1 heterocycles. The summed E-state index contributed by atoms with van der Waals surface area (Å²) in [5, 5.41) is 13.1. The minimum atomic E-state index is -0.573. The molecule has 3 aromatic carbocycles. The van der Waals surface area contributed by atoms with Crippen LogP contribution in [0.2, 0.25) is 0 Å². The average molecular weight is 506 g/mol. The molecule has 0 unspecified atom stereocenters. The van der Waals surface area contributed by atoms with E-state index in [1.165, 1.54) is 36.4 Å². The fourth-order valence-electron chi connectivity index (χ4n) is 4.39. The quantitative estimate of drug-likeness (QED) is 0.349. The second-order valence-corrected chi connectivity index (χ2v) is 8.93. The van der Waals surface area contributed by atoms with E-state index in [1.54, 1.807) is 41.3 Å². The van der Waals surface area contributed by atoms with Gasteiger partial charge in [0, 0.05) is 38.3 Å². The molecular formula is C29H26F3N3O2. The van der Waals surface area contributed by atoms with Crippen molar-refractivity contribution in [1.29, 1.82) is 5.26 Å². The van der Waals surface area contributed by atoms with E-state index in [-0.39, 0.29) is 35.6 Å². The molecular weight excluding hydrogens is 479 g/mol. The first-order valence-corrected chi connectivity index (χ1v) is 12.1. The molecule has 0 bridgehead atoms. The maximum Gasteiger partial charge on any atom is 0.222 e. The van der Waals surface area contributed by atoms with Gasteiger partial charge < -0.3 is 9.74 Å². The highest BCUT2D eigenvalue weighted by Gasteiger charge is 2.23. The highest BCUT2D eigenvalue weighted by atomic mass is 19.1. The molecule has 4 rings (SSSR count). The number of amides is 1. The maximum absolute atomic E-state index is 13.4. The van der Waals surface area contributed by atoms with Crippen LogP contribution in [0.5, 0.6) is 0 Å². The highest BCUT2D eigenvalue weighted by molar-refractivity contribution is 5.87. The third-order valence-corrected chi connectivity index (χ3v) is 6.46. The molecule has 0 aromatic heterocycles. The van der Waals surface area contributed by atoms with Gasteiger partial charge in [0.25, 0.3) is 0 Å². The number of oxime groups is 1. The lowest BCUT2D eigenvalue weighted by atomic mass is 9.87. The van der Waals surface area contributed by atoms with Gasteiger partial charge in [-0.05, 0) is 59.5 Å². The Kier molecular flexibility index (Phi) is 8.57. The van der Waals surface area contributed by atoms with Crippen LogP contribution in [0.25, 0.3) is 0 Å². The van der Waals surface area contributed by atoms with E-state index in [0.29, 0.717) is 44.3 Å². The Balaban J connectivity index is 1.30. The summed E-state index contributed by atoms with van der Waals surface area (Å²) < 4.78 is 40.3. The van der Waals surface area contributed by atoms with E-state index in [0.717, 1.165) is 16.8 Å². The van der Waals surface area contributed by atoms with Gasteiger partial charge >= 0.3 is 0 Å². The Hall–Kier alpha value is -4.12. The topological polar surface area (TPSA) is 65.7 Å². The Morgan fingerprint density at radius 1 is 0.946 bits per heavy atom. The van der Waals surface area contributed by atoms with Crippen molar-refractivity contribution in [3.05, 3.63) is 106 Å². The number of nitrogens with zero attached hydrogens (tertiary/aromatic N) is 3. The van der Waals surface area contributed by atoms with E-state index < -0.39 is 5.82 Å². The molecule has 0 radical (unpaired) electrons. The minimum Gasteiger partial charge on any atom is -0.391 e. The molecule has 0 spiro atoms. The molecule has 0 N–H and O–H groups in total. The van der Waals surface area contributed by atoms with E-state index in [9.17, 15) is 18.0 Å². The van der Waals surface area contributed by atoms with Crippen LogP contribution < -0.4 is 0 Å². The lowest BCUT2D eigenvalue weighted by Crippen LogP contribution is -2.38. The van der Waals surface area contributed by atoms with Gasteiger partial charge in [0.2, 0.25) is 5.91 Å². The Bertz CT molecular complexity index is 1250. The average Bonchev–Trinajstić information content (AvgIpc) is 2.92. The Morgan fingerprint density at radius 2 is 1.54 bits per heavy atom. The van der Waals surface area contributed by atoms with E-state index >= 15 is 0 Å². The first-order chi connectivity index (χ1) is 17.9. The molecule has 1 amide bonds. The van der Waals surface area contributed by atoms with Crippen LogP contribution in [0.3, 0.4) is 0 Å². The summed E-state index contributed by atoms with van der Waals surface area (Å²) in [6.45, 7) is 1.16. The molecule has 1 saturated heterocycles. The second kappa shape index (κ2) is 12.2. The van der Waals surface area contributed by atoms with Gasteiger partial charge in [-0.1, -0.05) is 35.5 Å². The number of hydrogen-bond donors (Lipinski definition) is 0. The van der Waals surface area contributed by atoms with Crippen LogP contribution >= 0.6 is 0 Å². The molecule has 5 nitrogen and oxygen atoms in total. The number of carbonyl (C=O) groups is 1. The molecule has 8 heteroatoms. The van der Waals surface area contributed by atoms with E-state index in [4.69, 9.17) is 10.1 Å². The largest absolute Gasteiger partial charge is 0.391 e. The zero-order valence-corrected chi connectivity index (χ0v) is 20.2. The molecule has 37 heavy (non-hydrogen) atoms. The number of likely N-dealkylation sites (tertiary alicyclic amines) is 1. The Morgan fingerprint density at radius 3 is 2.11 bits per heavy atom. The number of nitriles is 1. The van der Waals surface area contributed by atoms with E-state index in [1.807, 2.05) is 0 Å². The number of rotatable bonds is 8. The van der Waals surface area contributed by atoms with Crippen LogP contribution in [-0.2, 0) is 16.2 Å². The van der Waals surface area contributed by atoms with Gasteiger partial charge in [-0.2, -0.15) is 5.26 Å². The van der Waals surface area contributed by atoms with Crippen molar-refractivity contribution in [2.24, 2.45) is 5.16 Å². The predicted molar refractivity (Wildman–Crippen MR) is 133 cm³/mol. The zero-order chi connectivity index (χ0) is 26.2. The van der Waals surface area contributed by atoms with Gasteiger partial charge in [0.1, 0.15) is 30.1 Å². The third-order valence-electron chi connectivity index (χ3n) is 6.46. The van der Waals surface area contributed by atoms with Crippen LogP contribution in [0.4, 0.5) is 13.2 Å². The molecule has 0 saturated carbocycles. The summed E-state index contributed by atoms with van der Waals surface area (Å²) in [6, 6.07) is 18.4. The van der Waals surface area contributed by atoms with Gasteiger partial charge in [0.15, 0.2) is 0 Å². The predicted octanol–water partition coefficient (Wildman–Crippen LogP) is 6.08. The maximum atomic E-state index is 13.4. The summed E-state index contributed by atoms with van der Waals surface area (Å²) in [6.07, 6.45) is 1.98. The lowest BCUT2D eigenvalue weighted by Gasteiger charge is -2.28.